The van der Waals surface area contributed by atoms with Crippen molar-refractivity contribution in [1.82, 2.24) is 5.32 Å². The molecule has 144 valence electrons. The van der Waals surface area contributed by atoms with E-state index in [1.165, 1.54) is 0 Å². The van der Waals surface area contributed by atoms with Gasteiger partial charge in [0.25, 0.3) is 11.8 Å². The van der Waals surface area contributed by atoms with Crippen LogP contribution in [0.15, 0.2) is 42.5 Å². The van der Waals surface area contributed by atoms with Gasteiger partial charge in [0.05, 0.1) is 5.02 Å². The predicted molar refractivity (Wildman–Crippen MR) is 109 cm³/mol. The first-order valence-electron chi connectivity index (χ1n) is 8.40. The number of benzene rings is 2. The number of ether oxygens (including phenoxy) is 1. The maximum atomic E-state index is 12.4. The van der Waals surface area contributed by atoms with Crippen LogP contribution in [0.2, 0.25) is 10.0 Å². The molecule has 1 unspecified atom stereocenters. The Labute approximate surface area is 169 Å². The van der Waals surface area contributed by atoms with Crippen LogP contribution in [0, 0.1) is 0 Å². The molecule has 5 nitrogen and oxygen atoms in total. The van der Waals surface area contributed by atoms with E-state index < -0.39 is 6.10 Å². The monoisotopic (exact) mass is 408 g/mol. The van der Waals surface area contributed by atoms with E-state index in [0.717, 1.165) is 0 Å². The van der Waals surface area contributed by atoms with E-state index in [1.54, 1.807) is 49.4 Å². The fraction of sp³-hybridized carbons (Fsp3) is 0.300. The molecule has 0 aromatic heterocycles. The quantitative estimate of drug-likeness (QED) is 0.736. The van der Waals surface area contributed by atoms with E-state index in [4.69, 9.17) is 27.9 Å². The van der Waals surface area contributed by atoms with Gasteiger partial charge < -0.3 is 15.4 Å². The molecule has 2 N–H and O–H groups in total. The lowest BCUT2D eigenvalue weighted by molar-refractivity contribution is -0.122. The SMILES string of the molecule is CC(Oc1ccc(Cl)cc1Cl)C(=O)Nc1cccc(C(=O)NC(C)(C)C)c1. The highest BCUT2D eigenvalue weighted by molar-refractivity contribution is 6.35. The van der Waals surface area contributed by atoms with Crippen LogP contribution in [-0.4, -0.2) is 23.5 Å². The number of carbonyl (C=O) groups excluding carboxylic acids is 2. The molecule has 0 aliphatic carbocycles. The van der Waals surface area contributed by atoms with E-state index in [2.05, 4.69) is 10.6 Å². The fourth-order valence-electron chi connectivity index (χ4n) is 2.21. The molecule has 0 bridgehead atoms. The lowest BCUT2D eigenvalue weighted by atomic mass is 10.1. The van der Waals surface area contributed by atoms with Gasteiger partial charge in [-0.25, -0.2) is 0 Å². The number of hydrogen-bond acceptors (Lipinski definition) is 3. The van der Waals surface area contributed by atoms with Crippen molar-refractivity contribution in [1.29, 1.82) is 0 Å². The molecule has 0 saturated carbocycles. The summed E-state index contributed by atoms with van der Waals surface area (Å²) in [6.07, 6.45) is -0.796. The zero-order valence-corrected chi connectivity index (χ0v) is 17.1. The first kappa shape index (κ1) is 21.1. The zero-order chi connectivity index (χ0) is 20.2. The number of anilines is 1. The number of halogens is 2. The van der Waals surface area contributed by atoms with Crippen LogP contribution in [0.5, 0.6) is 5.75 Å². The van der Waals surface area contributed by atoms with E-state index >= 15 is 0 Å². The van der Waals surface area contributed by atoms with Crippen LogP contribution >= 0.6 is 23.2 Å². The summed E-state index contributed by atoms with van der Waals surface area (Å²) in [7, 11) is 0. The summed E-state index contributed by atoms with van der Waals surface area (Å²) < 4.78 is 5.60. The van der Waals surface area contributed by atoms with E-state index in [9.17, 15) is 9.59 Å². The average molecular weight is 409 g/mol. The summed E-state index contributed by atoms with van der Waals surface area (Å²) >= 11 is 11.9. The standard InChI is InChI=1S/C20H22Cl2N2O3/c1-12(27-17-9-8-14(21)11-16(17)22)18(25)23-15-7-5-6-13(10-15)19(26)24-20(2,3)4/h5-12H,1-4H3,(H,23,25)(H,24,26). The summed E-state index contributed by atoms with van der Waals surface area (Å²) in [5.74, 6) is -0.215. The average Bonchev–Trinajstić information content (AvgIpc) is 2.56. The van der Waals surface area contributed by atoms with Crippen LogP contribution in [0.3, 0.4) is 0 Å². The van der Waals surface area contributed by atoms with Crippen molar-refractivity contribution in [2.45, 2.75) is 39.3 Å². The molecule has 0 radical (unpaired) electrons. The molecule has 0 spiro atoms. The molecule has 0 fully saturated rings. The van der Waals surface area contributed by atoms with Gasteiger partial charge in [-0.1, -0.05) is 29.3 Å². The number of hydrogen-bond donors (Lipinski definition) is 2. The number of rotatable bonds is 5. The smallest absolute Gasteiger partial charge is 0.265 e. The van der Waals surface area contributed by atoms with Crippen molar-refractivity contribution in [2.75, 3.05) is 5.32 Å². The van der Waals surface area contributed by atoms with Crippen LogP contribution in [0.4, 0.5) is 5.69 Å². The third kappa shape index (κ3) is 6.45. The second-order valence-corrected chi connectivity index (χ2v) is 7.95. The Morgan fingerprint density at radius 1 is 1.07 bits per heavy atom. The summed E-state index contributed by atoms with van der Waals surface area (Å²) in [6.45, 7) is 7.31. The van der Waals surface area contributed by atoms with Crippen LogP contribution in [-0.2, 0) is 4.79 Å². The molecule has 2 rings (SSSR count). The molecule has 2 aromatic rings. The van der Waals surface area contributed by atoms with Gasteiger partial charge in [-0.3, -0.25) is 9.59 Å². The van der Waals surface area contributed by atoms with E-state index in [0.29, 0.717) is 27.0 Å². The maximum absolute atomic E-state index is 12.4. The maximum Gasteiger partial charge on any atom is 0.265 e. The molecular weight excluding hydrogens is 387 g/mol. The summed E-state index contributed by atoms with van der Waals surface area (Å²) in [5, 5.41) is 6.42. The van der Waals surface area contributed by atoms with E-state index in [-0.39, 0.29) is 17.4 Å². The summed E-state index contributed by atoms with van der Waals surface area (Å²) in [4.78, 5) is 24.7. The summed E-state index contributed by atoms with van der Waals surface area (Å²) in [5.41, 5.74) is 0.604. The molecule has 27 heavy (non-hydrogen) atoms. The van der Waals surface area contributed by atoms with Crippen LogP contribution in [0.1, 0.15) is 38.1 Å². The van der Waals surface area contributed by atoms with Gasteiger partial charge >= 0.3 is 0 Å². The Balaban J connectivity index is 2.04. The molecule has 2 aromatic carbocycles. The Kier molecular flexibility index (Phi) is 6.73. The second-order valence-electron chi connectivity index (χ2n) is 7.11. The zero-order valence-electron chi connectivity index (χ0n) is 15.6. The van der Waals surface area contributed by atoms with Crippen molar-refractivity contribution in [3.63, 3.8) is 0 Å². The van der Waals surface area contributed by atoms with Crippen molar-refractivity contribution >= 4 is 40.7 Å². The predicted octanol–water partition coefficient (Wildman–Crippen LogP) is 4.93. The van der Waals surface area contributed by atoms with Crippen LogP contribution in [0.25, 0.3) is 0 Å². The second kappa shape index (κ2) is 8.63. The molecule has 7 heteroatoms. The molecule has 0 heterocycles. The summed E-state index contributed by atoms with van der Waals surface area (Å²) in [6, 6.07) is 11.5. The molecule has 0 aliphatic heterocycles. The van der Waals surface area contributed by atoms with Gasteiger partial charge in [0.15, 0.2) is 6.10 Å². The minimum absolute atomic E-state index is 0.212. The Bertz CT molecular complexity index is 847. The van der Waals surface area contributed by atoms with E-state index in [1.807, 2.05) is 20.8 Å². The van der Waals surface area contributed by atoms with Gasteiger partial charge in [-0.2, -0.15) is 0 Å². The molecule has 2 amide bonds. The lowest BCUT2D eigenvalue weighted by Gasteiger charge is -2.21. The Hall–Kier alpha value is -2.24. The number of amides is 2. The van der Waals surface area contributed by atoms with Crippen LogP contribution < -0.4 is 15.4 Å². The van der Waals surface area contributed by atoms with Crippen molar-refractivity contribution in [2.24, 2.45) is 0 Å². The molecule has 1 atom stereocenters. The first-order chi connectivity index (χ1) is 12.5. The van der Waals surface area contributed by atoms with Crippen molar-refractivity contribution in [3.8, 4) is 5.75 Å². The molecular formula is C20H22Cl2N2O3. The largest absolute Gasteiger partial charge is 0.479 e. The number of nitrogens with one attached hydrogen (secondary N) is 2. The Morgan fingerprint density at radius 3 is 2.41 bits per heavy atom. The minimum atomic E-state index is -0.796. The normalized spacial score (nSPS) is 12.2. The van der Waals surface area contributed by atoms with Gasteiger partial charge in [-0.05, 0) is 64.1 Å². The van der Waals surface area contributed by atoms with Crippen molar-refractivity contribution < 1.29 is 14.3 Å². The molecule has 0 aliphatic rings. The third-order valence-electron chi connectivity index (χ3n) is 3.45. The highest BCUT2D eigenvalue weighted by Gasteiger charge is 2.18. The Morgan fingerprint density at radius 2 is 1.78 bits per heavy atom. The third-order valence-corrected chi connectivity index (χ3v) is 3.98. The number of carbonyl (C=O) groups is 2. The first-order valence-corrected chi connectivity index (χ1v) is 9.16. The topological polar surface area (TPSA) is 67.4 Å². The van der Waals surface area contributed by atoms with Crippen molar-refractivity contribution in [3.05, 3.63) is 58.1 Å². The fourth-order valence-corrected chi connectivity index (χ4v) is 2.66. The van der Waals surface area contributed by atoms with Gasteiger partial charge in [0.2, 0.25) is 0 Å². The minimum Gasteiger partial charge on any atom is -0.479 e. The van der Waals surface area contributed by atoms with Gasteiger partial charge in [0.1, 0.15) is 5.75 Å². The lowest BCUT2D eigenvalue weighted by Crippen LogP contribution is -2.40. The van der Waals surface area contributed by atoms with Gasteiger partial charge in [-0.15, -0.1) is 0 Å². The highest BCUT2D eigenvalue weighted by Crippen LogP contribution is 2.28. The highest BCUT2D eigenvalue weighted by atomic mass is 35.5. The van der Waals surface area contributed by atoms with Gasteiger partial charge in [0, 0.05) is 21.8 Å². The molecule has 0 saturated heterocycles.